The number of benzene rings is 2. The molecule has 0 N–H and O–H groups in total. The van der Waals surface area contributed by atoms with Crippen LogP contribution in [0.15, 0.2) is 52.3 Å². The van der Waals surface area contributed by atoms with Crippen molar-refractivity contribution in [1.29, 1.82) is 0 Å². The molecule has 1 amide bonds. The average molecular weight is 442 g/mol. The highest BCUT2D eigenvalue weighted by molar-refractivity contribution is 7.99. The summed E-state index contributed by atoms with van der Waals surface area (Å²) in [5, 5.41) is 0. The predicted octanol–water partition coefficient (Wildman–Crippen LogP) is 3.92. The molecule has 0 atom stereocenters. The molecule has 0 spiro atoms. The number of rotatable bonds is 3. The van der Waals surface area contributed by atoms with Gasteiger partial charge in [0.25, 0.3) is 0 Å². The van der Waals surface area contributed by atoms with Gasteiger partial charge in [-0.2, -0.15) is 0 Å². The van der Waals surface area contributed by atoms with E-state index in [1.807, 2.05) is 41.3 Å². The molecule has 28 heavy (non-hydrogen) atoms. The minimum absolute atomic E-state index is 0. The van der Waals surface area contributed by atoms with E-state index < -0.39 is 0 Å². The molecule has 2 aromatic rings. The number of hydrogen-bond acceptors (Lipinski definition) is 5. The summed E-state index contributed by atoms with van der Waals surface area (Å²) in [7, 11) is 3.78. The number of nitrogens with zero attached hydrogens (tertiary/aromatic N) is 3. The second-order valence-corrected chi connectivity index (χ2v) is 7.80. The molecule has 0 aliphatic carbocycles. The van der Waals surface area contributed by atoms with Gasteiger partial charge < -0.3 is 9.64 Å². The van der Waals surface area contributed by atoms with Crippen molar-refractivity contribution in [2.45, 2.75) is 9.79 Å². The highest BCUT2D eigenvalue weighted by Crippen LogP contribution is 2.49. The first-order valence-corrected chi connectivity index (χ1v) is 9.66. The number of halogens is 2. The minimum atomic E-state index is 0. The van der Waals surface area contributed by atoms with Crippen LogP contribution in [0.1, 0.15) is 0 Å². The summed E-state index contributed by atoms with van der Waals surface area (Å²) in [5.74, 6) is 0.873. The van der Waals surface area contributed by atoms with E-state index in [4.69, 9.17) is 4.74 Å². The van der Waals surface area contributed by atoms with Crippen LogP contribution in [-0.4, -0.2) is 62.6 Å². The van der Waals surface area contributed by atoms with Gasteiger partial charge in [-0.05, 0) is 31.3 Å². The maximum Gasteiger partial charge on any atom is 0.245 e. The number of ether oxygens (including phenoxy) is 1. The van der Waals surface area contributed by atoms with Gasteiger partial charge >= 0.3 is 0 Å². The van der Waals surface area contributed by atoms with E-state index >= 15 is 0 Å². The molecule has 152 valence electrons. The fraction of sp³-hybridized carbons (Fsp3) is 0.350. The normalized spacial score (nSPS) is 16.3. The first kappa shape index (κ1) is 22.8. The second kappa shape index (κ2) is 9.85. The van der Waals surface area contributed by atoms with Gasteiger partial charge in [0.15, 0.2) is 0 Å². The van der Waals surface area contributed by atoms with Crippen LogP contribution in [-0.2, 0) is 4.79 Å². The zero-order chi connectivity index (χ0) is 18.1. The topological polar surface area (TPSA) is 36.0 Å². The van der Waals surface area contributed by atoms with Gasteiger partial charge in [-0.15, -0.1) is 24.8 Å². The van der Waals surface area contributed by atoms with E-state index in [1.165, 1.54) is 0 Å². The predicted molar refractivity (Wildman–Crippen MR) is 119 cm³/mol. The molecule has 8 heteroatoms. The van der Waals surface area contributed by atoms with Crippen molar-refractivity contribution in [3.63, 3.8) is 0 Å². The highest BCUT2D eigenvalue weighted by Gasteiger charge is 2.30. The van der Waals surface area contributed by atoms with Crippen molar-refractivity contribution in [1.82, 2.24) is 9.80 Å². The van der Waals surface area contributed by atoms with Gasteiger partial charge in [0, 0.05) is 42.0 Å². The molecule has 0 saturated carbocycles. The summed E-state index contributed by atoms with van der Waals surface area (Å²) in [6.07, 6.45) is 0. The van der Waals surface area contributed by atoms with Crippen LogP contribution in [0.2, 0.25) is 0 Å². The standard InChI is InChI=1S/C20H23N3O2S.2ClH/c1-21-9-11-22(12-10-21)14-20(24)23-16-5-3-4-6-18(16)26-19-8-7-15(25-2)13-17(19)23;;/h3-8,13H,9-12,14H2,1-2H3;2*1H. The molecule has 2 heterocycles. The number of methoxy groups -OCH3 is 1. The molecule has 0 radical (unpaired) electrons. The van der Waals surface area contributed by atoms with Gasteiger partial charge in [0.05, 0.1) is 25.0 Å². The third-order valence-corrected chi connectivity index (χ3v) is 6.07. The fourth-order valence-electron chi connectivity index (χ4n) is 3.40. The van der Waals surface area contributed by atoms with E-state index in [-0.39, 0.29) is 30.7 Å². The van der Waals surface area contributed by atoms with Crippen LogP contribution in [0.3, 0.4) is 0 Å². The summed E-state index contributed by atoms with van der Waals surface area (Å²) in [5.41, 5.74) is 1.87. The zero-order valence-corrected chi connectivity index (χ0v) is 18.4. The third-order valence-electron chi connectivity index (χ3n) is 4.94. The van der Waals surface area contributed by atoms with E-state index in [9.17, 15) is 4.79 Å². The lowest BCUT2D eigenvalue weighted by molar-refractivity contribution is -0.119. The molecule has 0 aromatic heterocycles. The molecule has 1 saturated heterocycles. The van der Waals surface area contributed by atoms with E-state index in [2.05, 4.69) is 22.9 Å². The second-order valence-electron chi connectivity index (χ2n) is 6.71. The Labute approximate surface area is 182 Å². The van der Waals surface area contributed by atoms with Crippen LogP contribution in [0.4, 0.5) is 11.4 Å². The zero-order valence-electron chi connectivity index (χ0n) is 16.0. The van der Waals surface area contributed by atoms with Gasteiger partial charge in [0.2, 0.25) is 5.91 Å². The summed E-state index contributed by atoms with van der Waals surface area (Å²) >= 11 is 1.70. The summed E-state index contributed by atoms with van der Waals surface area (Å²) in [6.45, 7) is 4.30. The maximum atomic E-state index is 13.3. The summed E-state index contributed by atoms with van der Waals surface area (Å²) in [6, 6.07) is 14.0. The largest absolute Gasteiger partial charge is 0.497 e. The van der Waals surface area contributed by atoms with Crippen LogP contribution >= 0.6 is 36.6 Å². The molecule has 1 fully saturated rings. The molecule has 2 aliphatic rings. The molecule has 0 unspecified atom stereocenters. The first-order valence-electron chi connectivity index (χ1n) is 8.84. The highest BCUT2D eigenvalue weighted by atomic mass is 35.5. The smallest absolute Gasteiger partial charge is 0.245 e. The quantitative estimate of drug-likeness (QED) is 0.721. The van der Waals surface area contributed by atoms with Crippen molar-refractivity contribution in [3.8, 4) is 5.75 Å². The molecule has 0 bridgehead atoms. The fourth-order valence-corrected chi connectivity index (χ4v) is 4.44. The number of para-hydroxylation sites is 1. The van der Waals surface area contributed by atoms with E-state index in [1.54, 1.807) is 18.9 Å². The SMILES string of the molecule is COc1ccc2c(c1)N(C(=O)CN1CCN(C)CC1)c1ccccc1S2.Cl.Cl. The van der Waals surface area contributed by atoms with Gasteiger partial charge in [-0.25, -0.2) is 0 Å². The van der Waals surface area contributed by atoms with Crippen molar-refractivity contribution in [2.24, 2.45) is 0 Å². The number of fused-ring (bicyclic) bond motifs is 2. The van der Waals surface area contributed by atoms with Crippen molar-refractivity contribution in [3.05, 3.63) is 42.5 Å². The summed E-state index contributed by atoms with van der Waals surface area (Å²) < 4.78 is 5.39. The van der Waals surface area contributed by atoms with Crippen molar-refractivity contribution in [2.75, 3.05) is 51.8 Å². The molecular formula is C20H25Cl2N3O2S. The Kier molecular flexibility index (Phi) is 8.04. The Balaban J connectivity index is 0.00000140. The number of hydrogen-bond donors (Lipinski definition) is 0. The molecule has 5 nitrogen and oxygen atoms in total. The number of piperazine rings is 1. The Morgan fingerprint density at radius 1 is 1.00 bits per heavy atom. The number of amides is 1. The van der Waals surface area contributed by atoms with Gasteiger partial charge in [0.1, 0.15) is 5.75 Å². The van der Waals surface area contributed by atoms with Crippen molar-refractivity contribution >= 4 is 53.9 Å². The van der Waals surface area contributed by atoms with Gasteiger partial charge in [-0.1, -0.05) is 23.9 Å². The Morgan fingerprint density at radius 3 is 2.39 bits per heavy atom. The number of likely N-dealkylation sites (N-methyl/N-ethyl adjacent to an activating group) is 1. The average Bonchev–Trinajstić information content (AvgIpc) is 2.67. The van der Waals surface area contributed by atoms with Crippen LogP contribution in [0.25, 0.3) is 0 Å². The van der Waals surface area contributed by atoms with Gasteiger partial charge in [-0.3, -0.25) is 14.6 Å². The monoisotopic (exact) mass is 441 g/mol. The summed E-state index contributed by atoms with van der Waals surface area (Å²) in [4.78, 5) is 21.9. The lowest BCUT2D eigenvalue weighted by Crippen LogP contribution is -2.48. The van der Waals surface area contributed by atoms with Crippen LogP contribution in [0.5, 0.6) is 5.75 Å². The number of anilines is 2. The Morgan fingerprint density at radius 2 is 1.68 bits per heavy atom. The minimum Gasteiger partial charge on any atom is -0.497 e. The lowest BCUT2D eigenvalue weighted by Gasteiger charge is -2.35. The Bertz CT molecular complexity index is 829. The van der Waals surface area contributed by atoms with Crippen molar-refractivity contribution < 1.29 is 9.53 Å². The number of carbonyl (C=O) groups excluding carboxylic acids is 1. The molecular weight excluding hydrogens is 417 g/mol. The lowest BCUT2D eigenvalue weighted by atomic mass is 10.2. The third kappa shape index (κ3) is 4.58. The maximum absolute atomic E-state index is 13.3. The molecule has 2 aliphatic heterocycles. The molecule has 4 rings (SSSR count). The van der Waals surface area contributed by atoms with Crippen LogP contribution in [0, 0.1) is 0 Å². The van der Waals surface area contributed by atoms with Crippen LogP contribution < -0.4 is 9.64 Å². The Hall–Kier alpha value is -1.44. The first-order chi connectivity index (χ1) is 12.7. The molecule has 2 aromatic carbocycles. The van der Waals surface area contributed by atoms with E-state index in [0.29, 0.717) is 6.54 Å². The number of carbonyl (C=O) groups is 1. The van der Waals surface area contributed by atoms with E-state index in [0.717, 1.165) is 53.1 Å².